The molecule has 0 aliphatic carbocycles. The third kappa shape index (κ3) is 7.22. The molecule has 0 saturated carbocycles. The zero-order valence-electron chi connectivity index (χ0n) is 23.9. The number of benzene rings is 2. The number of hydrogen-bond donors (Lipinski definition) is 2. The molecular formula is C31H34ClF4N3O3. The lowest BCUT2D eigenvalue weighted by Crippen LogP contribution is -2.58. The van der Waals surface area contributed by atoms with Gasteiger partial charge < -0.3 is 20.1 Å². The maximum atomic E-state index is 14.5. The number of rotatable bonds is 8. The van der Waals surface area contributed by atoms with E-state index >= 15 is 0 Å². The molecule has 226 valence electrons. The number of nitrogens with one attached hydrogen (secondary N) is 1. The van der Waals surface area contributed by atoms with E-state index in [1.807, 2.05) is 42.6 Å². The highest BCUT2D eigenvalue weighted by Crippen LogP contribution is 2.42. The molecule has 2 N–H and O–H groups in total. The van der Waals surface area contributed by atoms with E-state index in [1.54, 1.807) is 26.8 Å². The van der Waals surface area contributed by atoms with Crippen LogP contribution in [0.4, 0.5) is 22.4 Å². The fourth-order valence-corrected chi connectivity index (χ4v) is 5.14. The van der Waals surface area contributed by atoms with Crippen LogP contribution in [-0.4, -0.2) is 59.0 Å². The Balaban J connectivity index is 1.69. The van der Waals surface area contributed by atoms with Crippen molar-refractivity contribution in [2.45, 2.75) is 56.9 Å². The monoisotopic (exact) mass is 607 g/mol. The van der Waals surface area contributed by atoms with Crippen molar-refractivity contribution in [1.82, 2.24) is 15.2 Å². The van der Waals surface area contributed by atoms with Gasteiger partial charge in [-0.05, 0) is 68.7 Å². The molecule has 0 bridgehead atoms. The van der Waals surface area contributed by atoms with Crippen molar-refractivity contribution in [3.63, 3.8) is 0 Å². The molecule has 1 amide bonds. The molecule has 1 aliphatic rings. The van der Waals surface area contributed by atoms with E-state index in [4.69, 9.17) is 16.3 Å². The Kier molecular flexibility index (Phi) is 8.92. The number of aromatic nitrogens is 1. The molecule has 0 spiro atoms. The fraction of sp³-hybridized carbons (Fsp3) is 0.419. The minimum atomic E-state index is -5.21. The van der Waals surface area contributed by atoms with Gasteiger partial charge >= 0.3 is 12.3 Å². The number of pyridine rings is 1. The van der Waals surface area contributed by atoms with E-state index in [9.17, 15) is 27.5 Å². The van der Waals surface area contributed by atoms with Crippen molar-refractivity contribution in [3.05, 3.63) is 88.3 Å². The molecule has 1 aliphatic heterocycles. The molecule has 6 nitrogen and oxygen atoms in total. The first-order valence-electron chi connectivity index (χ1n) is 13.5. The summed E-state index contributed by atoms with van der Waals surface area (Å²) >= 11 is 5.98. The largest absolute Gasteiger partial charge is 0.444 e. The summed E-state index contributed by atoms with van der Waals surface area (Å²) in [5.41, 5.74) is -3.73. The van der Waals surface area contributed by atoms with Crippen molar-refractivity contribution >= 4 is 17.7 Å². The molecule has 1 atom stereocenters. The van der Waals surface area contributed by atoms with E-state index in [2.05, 4.69) is 9.88 Å². The maximum Gasteiger partial charge on any atom is 0.424 e. The Morgan fingerprint density at radius 1 is 1.10 bits per heavy atom. The molecule has 1 saturated heterocycles. The lowest BCUT2D eigenvalue weighted by molar-refractivity contribution is -0.265. The molecule has 11 heteroatoms. The molecule has 4 rings (SSSR count). The standard InChI is InChI=1S/C31H34ClF4N3O3/c1-28(2,3)42-27(40)37-17-30(41,31(34,35)36)26-16-22(15-25(38-26)21-10-11-24(33)23(32)14-21)29(4)18-39(19-29)13-12-20-8-6-5-7-9-20/h5-11,14-16,41H,12-13,17-19H2,1-4H3,(H,37,40). The minimum absolute atomic E-state index is 0.0771. The Morgan fingerprint density at radius 3 is 2.36 bits per heavy atom. The summed E-state index contributed by atoms with van der Waals surface area (Å²) in [6, 6.07) is 16.6. The van der Waals surface area contributed by atoms with Crippen LogP contribution in [0.2, 0.25) is 5.02 Å². The van der Waals surface area contributed by atoms with Gasteiger partial charge in [0.25, 0.3) is 0 Å². The minimum Gasteiger partial charge on any atom is -0.444 e. The van der Waals surface area contributed by atoms with Crippen LogP contribution >= 0.6 is 11.6 Å². The number of ether oxygens (including phenoxy) is 1. The average Bonchev–Trinajstić information content (AvgIpc) is 2.89. The van der Waals surface area contributed by atoms with Crippen LogP contribution in [0.5, 0.6) is 0 Å². The third-order valence-corrected chi connectivity index (χ3v) is 7.51. The van der Waals surface area contributed by atoms with Crippen LogP contribution in [0.3, 0.4) is 0 Å². The van der Waals surface area contributed by atoms with Gasteiger partial charge in [-0.3, -0.25) is 0 Å². The lowest BCUT2D eigenvalue weighted by atomic mass is 9.74. The fourth-order valence-electron chi connectivity index (χ4n) is 4.96. The van der Waals surface area contributed by atoms with Gasteiger partial charge in [0.2, 0.25) is 5.60 Å². The van der Waals surface area contributed by atoms with Crippen molar-refractivity contribution < 1.29 is 32.2 Å². The topological polar surface area (TPSA) is 74.7 Å². The first kappa shape index (κ1) is 31.7. The molecule has 2 aromatic carbocycles. The lowest BCUT2D eigenvalue weighted by Gasteiger charge is -2.49. The summed E-state index contributed by atoms with van der Waals surface area (Å²) < 4.78 is 62.5. The molecule has 42 heavy (non-hydrogen) atoms. The summed E-state index contributed by atoms with van der Waals surface area (Å²) in [5.74, 6) is -0.690. The number of halogens is 5. The van der Waals surface area contributed by atoms with Gasteiger partial charge in [-0.25, -0.2) is 14.2 Å². The molecule has 1 aromatic heterocycles. The molecule has 1 fully saturated rings. The van der Waals surface area contributed by atoms with Crippen LogP contribution in [0.15, 0.2) is 60.7 Å². The molecule has 0 radical (unpaired) electrons. The Hall–Kier alpha value is -3.21. The number of nitrogens with zero attached hydrogens (tertiary/aromatic N) is 2. The number of likely N-dealkylation sites (tertiary alicyclic amines) is 1. The molecule has 2 heterocycles. The number of hydrogen-bond acceptors (Lipinski definition) is 5. The highest BCUT2D eigenvalue weighted by atomic mass is 35.5. The van der Waals surface area contributed by atoms with Crippen molar-refractivity contribution in [3.8, 4) is 11.3 Å². The predicted octanol–water partition coefficient (Wildman–Crippen LogP) is 6.63. The van der Waals surface area contributed by atoms with E-state index in [1.165, 1.54) is 23.8 Å². The molecule has 1 unspecified atom stereocenters. The van der Waals surface area contributed by atoms with Gasteiger partial charge in [-0.15, -0.1) is 0 Å². The first-order valence-corrected chi connectivity index (χ1v) is 13.9. The van der Waals surface area contributed by atoms with Gasteiger partial charge in [-0.2, -0.15) is 13.2 Å². The number of aliphatic hydroxyl groups is 1. The van der Waals surface area contributed by atoms with Gasteiger partial charge in [0.05, 0.1) is 23.0 Å². The summed E-state index contributed by atoms with van der Waals surface area (Å²) in [6.45, 7) is 7.29. The van der Waals surface area contributed by atoms with Crippen LogP contribution in [0, 0.1) is 5.82 Å². The van der Waals surface area contributed by atoms with E-state index < -0.39 is 46.9 Å². The van der Waals surface area contributed by atoms with Gasteiger partial charge in [-0.1, -0.05) is 48.9 Å². The summed E-state index contributed by atoms with van der Waals surface area (Å²) in [7, 11) is 0. The van der Waals surface area contributed by atoms with Crippen molar-refractivity contribution in [2.75, 3.05) is 26.2 Å². The Morgan fingerprint density at radius 2 is 1.76 bits per heavy atom. The van der Waals surface area contributed by atoms with E-state index in [0.717, 1.165) is 19.0 Å². The third-order valence-electron chi connectivity index (χ3n) is 7.22. The normalized spacial score (nSPS) is 16.8. The highest BCUT2D eigenvalue weighted by Gasteiger charge is 2.57. The van der Waals surface area contributed by atoms with Crippen LogP contribution in [-0.2, 0) is 22.2 Å². The number of amides is 1. The molecule has 3 aromatic rings. The smallest absolute Gasteiger partial charge is 0.424 e. The zero-order valence-corrected chi connectivity index (χ0v) is 24.6. The average molecular weight is 608 g/mol. The predicted molar refractivity (Wildman–Crippen MR) is 153 cm³/mol. The van der Waals surface area contributed by atoms with E-state index in [-0.39, 0.29) is 16.3 Å². The quantitative estimate of drug-likeness (QED) is 0.281. The summed E-state index contributed by atoms with van der Waals surface area (Å²) in [4.78, 5) is 18.6. The number of alkyl carbamates (subject to hydrolysis) is 1. The first-order chi connectivity index (χ1) is 19.5. The second-order valence-electron chi connectivity index (χ2n) is 12.0. The second kappa shape index (κ2) is 11.8. The summed E-state index contributed by atoms with van der Waals surface area (Å²) in [6.07, 6.45) is -5.51. The highest BCUT2D eigenvalue weighted by molar-refractivity contribution is 6.31. The van der Waals surface area contributed by atoms with Crippen LogP contribution in [0.1, 0.15) is 44.5 Å². The molecular weight excluding hydrogens is 574 g/mol. The summed E-state index contributed by atoms with van der Waals surface area (Å²) in [5, 5.41) is 12.9. The van der Waals surface area contributed by atoms with Gasteiger partial charge in [0.15, 0.2) is 0 Å². The van der Waals surface area contributed by atoms with Crippen molar-refractivity contribution in [2.24, 2.45) is 0 Å². The number of carbonyl (C=O) groups excluding carboxylic acids is 1. The Bertz CT molecular complexity index is 1420. The number of carbonyl (C=O) groups is 1. The maximum absolute atomic E-state index is 14.5. The number of alkyl halides is 3. The van der Waals surface area contributed by atoms with Crippen LogP contribution in [0.25, 0.3) is 11.3 Å². The Labute approximate surface area is 247 Å². The van der Waals surface area contributed by atoms with Gasteiger partial charge in [0, 0.05) is 30.6 Å². The van der Waals surface area contributed by atoms with Crippen LogP contribution < -0.4 is 5.32 Å². The second-order valence-corrected chi connectivity index (χ2v) is 12.4. The van der Waals surface area contributed by atoms with Crippen molar-refractivity contribution in [1.29, 1.82) is 0 Å². The van der Waals surface area contributed by atoms with Gasteiger partial charge in [0.1, 0.15) is 11.4 Å². The zero-order chi connectivity index (χ0) is 30.9. The van der Waals surface area contributed by atoms with E-state index in [0.29, 0.717) is 18.7 Å². The SMILES string of the molecule is CC(C)(C)OC(=O)NCC(O)(c1cc(C2(C)CN(CCc3ccccc3)C2)cc(-c2ccc(F)c(Cl)c2)n1)C(F)(F)F.